The molecule has 20 heavy (non-hydrogen) atoms. The van der Waals surface area contributed by atoms with Crippen molar-refractivity contribution in [1.29, 1.82) is 0 Å². The van der Waals surface area contributed by atoms with E-state index in [1.165, 1.54) is 49.8 Å². The molecule has 1 aliphatic heterocycles. The molecule has 3 rings (SSSR count). The average molecular weight is 274 g/mol. The highest BCUT2D eigenvalue weighted by atomic mass is 16.5. The Labute approximate surface area is 122 Å². The molecule has 0 radical (unpaired) electrons. The van der Waals surface area contributed by atoms with Gasteiger partial charge >= 0.3 is 0 Å². The van der Waals surface area contributed by atoms with Gasteiger partial charge in [-0.25, -0.2) is 0 Å². The minimum Gasteiger partial charge on any atom is -0.372 e. The lowest BCUT2D eigenvalue weighted by atomic mass is 9.98. The third-order valence-electron chi connectivity index (χ3n) is 4.92. The van der Waals surface area contributed by atoms with E-state index in [0.717, 1.165) is 6.54 Å². The highest BCUT2D eigenvalue weighted by Gasteiger charge is 2.42. The minimum absolute atomic E-state index is 0.241. The van der Waals surface area contributed by atoms with E-state index in [-0.39, 0.29) is 5.60 Å². The average Bonchev–Trinajstić information content (AvgIpc) is 3.09. The van der Waals surface area contributed by atoms with Crippen molar-refractivity contribution in [2.24, 2.45) is 5.73 Å². The largest absolute Gasteiger partial charge is 0.372 e. The Balaban J connectivity index is 1.60. The van der Waals surface area contributed by atoms with Crippen molar-refractivity contribution in [3.05, 3.63) is 29.8 Å². The van der Waals surface area contributed by atoms with Gasteiger partial charge in [0.25, 0.3) is 0 Å². The number of hydrogen-bond donors (Lipinski definition) is 1. The van der Waals surface area contributed by atoms with Gasteiger partial charge in [-0.15, -0.1) is 0 Å². The van der Waals surface area contributed by atoms with Crippen molar-refractivity contribution in [2.45, 2.75) is 56.8 Å². The number of anilines is 1. The van der Waals surface area contributed by atoms with Crippen LogP contribution in [-0.2, 0) is 11.3 Å². The van der Waals surface area contributed by atoms with Crippen LogP contribution < -0.4 is 10.6 Å². The first-order valence-corrected chi connectivity index (χ1v) is 7.89. The summed E-state index contributed by atoms with van der Waals surface area (Å²) in [5.74, 6) is 0. The van der Waals surface area contributed by atoms with Crippen molar-refractivity contribution in [3.63, 3.8) is 0 Å². The van der Waals surface area contributed by atoms with Gasteiger partial charge in [-0.3, -0.25) is 0 Å². The van der Waals surface area contributed by atoms with Gasteiger partial charge in [-0.05, 0) is 43.4 Å². The predicted molar refractivity (Wildman–Crippen MR) is 82.9 cm³/mol. The third-order valence-corrected chi connectivity index (χ3v) is 4.92. The standard InChI is InChI=1S/C17H26N2O/c1-19(15-6-4-5-14(11-15)12-18)13-16-7-10-17(20-16)8-2-3-9-17/h4-6,11,16H,2-3,7-10,12-13,18H2,1H3. The zero-order valence-corrected chi connectivity index (χ0v) is 12.5. The second-order valence-corrected chi connectivity index (χ2v) is 6.42. The Morgan fingerprint density at radius 1 is 1.30 bits per heavy atom. The first-order valence-electron chi connectivity index (χ1n) is 7.89. The molecule has 1 aliphatic carbocycles. The van der Waals surface area contributed by atoms with Crippen molar-refractivity contribution in [1.82, 2.24) is 0 Å². The number of likely N-dealkylation sites (N-methyl/N-ethyl adjacent to an activating group) is 1. The number of hydrogen-bond acceptors (Lipinski definition) is 3. The molecule has 1 saturated carbocycles. The Hall–Kier alpha value is -1.06. The van der Waals surface area contributed by atoms with Crippen LogP contribution in [0.25, 0.3) is 0 Å². The van der Waals surface area contributed by atoms with Gasteiger partial charge in [0.2, 0.25) is 0 Å². The van der Waals surface area contributed by atoms with Crippen LogP contribution in [0.1, 0.15) is 44.1 Å². The van der Waals surface area contributed by atoms with E-state index in [1.807, 2.05) is 0 Å². The molecule has 0 bridgehead atoms. The normalized spacial score (nSPS) is 24.4. The summed E-state index contributed by atoms with van der Waals surface area (Å²) in [5.41, 5.74) is 8.39. The molecule has 2 fully saturated rings. The molecule has 0 amide bonds. The molecular weight excluding hydrogens is 248 g/mol. The maximum atomic E-state index is 6.39. The van der Waals surface area contributed by atoms with Gasteiger partial charge in [0, 0.05) is 25.8 Å². The second kappa shape index (κ2) is 5.74. The van der Waals surface area contributed by atoms with E-state index in [1.54, 1.807) is 0 Å². The van der Waals surface area contributed by atoms with Gasteiger partial charge < -0.3 is 15.4 Å². The van der Waals surface area contributed by atoms with Gasteiger partial charge in [0.05, 0.1) is 11.7 Å². The van der Waals surface area contributed by atoms with Crippen LogP contribution in [0.2, 0.25) is 0 Å². The lowest BCUT2D eigenvalue weighted by Crippen LogP contribution is -2.32. The van der Waals surface area contributed by atoms with Crippen LogP contribution in [0.15, 0.2) is 24.3 Å². The highest BCUT2D eigenvalue weighted by molar-refractivity contribution is 5.48. The van der Waals surface area contributed by atoms with Crippen LogP contribution >= 0.6 is 0 Å². The lowest BCUT2D eigenvalue weighted by Gasteiger charge is -2.27. The van der Waals surface area contributed by atoms with Gasteiger partial charge in [-0.1, -0.05) is 25.0 Å². The Kier molecular flexibility index (Phi) is 3.99. The van der Waals surface area contributed by atoms with Crippen LogP contribution in [-0.4, -0.2) is 25.3 Å². The minimum atomic E-state index is 0.241. The summed E-state index contributed by atoms with van der Waals surface area (Å²) in [6.45, 7) is 1.58. The second-order valence-electron chi connectivity index (χ2n) is 6.42. The van der Waals surface area contributed by atoms with Crippen molar-refractivity contribution < 1.29 is 4.74 Å². The maximum Gasteiger partial charge on any atom is 0.0758 e. The maximum absolute atomic E-state index is 6.39. The van der Waals surface area contributed by atoms with E-state index < -0.39 is 0 Å². The molecule has 1 unspecified atom stereocenters. The molecule has 3 nitrogen and oxygen atoms in total. The van der Waals surface area contributed by atoms with Crippen molar-refractivity contribution >= 4 is 5.69 Å². The lowest BCUT2D eigenvalue weighted by molar-refractivity contribution is -0.0324. The quantitative estimate of drug-likeness (QED) is 0.917. The molecular formula is C17H26N2O. The summed E-state index contributed by atoms with van der Waals surface area (Å²) in [5, 5.41) is 0. The fourth-order valence-electron chi connectivity index (χ4n) is 3.74. The summed E-state index contributed by atoms with van der Waals surface area (Å²) in [6.07, 6.45) is 8.10. The smallest absolute Gasteiger partial charge is 0.0758 e. The Morgan fingerprint density at radius 3 is 2.85 bits per heavy atom. The zero-order chi connectivity index (χ0) is 14.0. The van der Waals surface area contributed by atoms with Crippen molar-refractivity contribution in [2.75, 3.05) is 18.5 Å². The molecule has 1 heterocycles. The fraction of sp³-hybridized carbons (Fsp3) is 0.647. The van der Waals surface area contributed by atoms with E-state index in [0.29, 0.717) is 12.6 Å². The van der Waals surface area contributed by atoms with Gasteiger partial charge in [0.1, 0.15) is 0 Å². The van der Waals surface area contributed by atoms with Crippen LogP contribution in [0.4, 0.5) is 5.69 Å². The molecule has 1 saturated heterocycles. The van der Waals surface area contributed by atoms with E-state index in [2.05, 4.69) is 36.2 Å². The molecule has 1 aromatic rings. The first kappa shape index (κ1) is 13.9. The molecule has 3 heteroatoms. The van der Waals surface area contributed by atoms with Gasteiger partial charge in [-0.2, -0.15) is 0 Å². The summed E-state index contributed by atoms with van der Waals surface area (Å²) >= 11 is 0. The van der Waals surface area contributed by atoms with E-state index >= 15 is 0 Å². The van der Waals surface area contributed by atoms with Crippen LogP contribution in [0.5, 0.6) is 0 Å². The SMILES string of the molecule is CN(CC1CCC2(CCCC2)O1)c1cccc(CN)c1. The molecule has 2 aliphatic rings. The molecule has 110 valence electrons. The van der Waals surface area contributed by atoms with E-state index in [9.17, 15) is 0 Å². The summed E-state index contributed by atoms with van der Waals surface area (Å²) in [4.78, 5) is 2.30. The summed E-state index contributed by atoms with van der Waals surface area (Å²) in [6, 6.07) is 8.50. The third kappa shape index (κ3) is 2.84. The van der Waals surface area contributed by atoms with Gasteiger partial charge in [0.15, 0.2) is 0 Å². The van der Waals surface area contributed by atoms with Crippen LogP contribution in [0, 0.1) is 0 Å². The monoisotopic (exact) mass is 274 g/mol. The van der Waals surface area contributed by atoms with Crippen molar-refractivity contribution in [3.8, 4) is 0 Å². The number of ether oxygens (including phenoxy) is 1. The summed E-state index contributed by atoms with van der Waals surface area (Å²) in [7, 11) is 2.15. The Morgan fingerprint density at radius 2 is 2.10 bits per heavy atom. The number of nitrogens with zero attached hydrogens (tertiary/aromatic N) is 1. The molecule has 1 aromatic carbocycles. The molecule has 0 aromatic heterocycles. The topological polar surface area (TPSA) is 38.5 Å². The molecule has 2 N–H and O–H groups in total. The number of nitrogens with two attached hydrogens (primary N) is 1. The number of benzene rings is 1. The molecule has 1 atom stereocenters. The molecule has 1 spiro atoms. The zero-order valence-electron chi connectivity index (χ0n) is 12.5. The Bertz CT molecular complexity index is 454. The predicted octanol–water partition coefficient (Wildman–Crippen LogP) is 3.07. The highest BCUT2D eigenvalue weighted by Crippen LogP contribution is 2.43. The first-order chi connectivity index (χ1) is 9.71. The van der Waals surface area contributed by atoms with E-state index in [4.69, 9.17) is 10.5 Å². The van der Waals surface area contributed by atoms with Crippen LogP contribution in [0.3, 0.4) is 0 Å². The summed E-state index contributed by atoms with van der Waals surface area (Å²) < 4.78 is 6.39. The fourth-order valence-corrected chi connectivity index (χ4v) is 3.74. The number of rotatable bonds is 4.